The number of imidazole rings is 1. The third-order valence-electron chi connectivity index (χ3n) is 5.77. The number of hydrogen-bond acceptors (Lipinski definition) is 5. The molecule has 0 bridgehead atoms. The highest BCUT2D eigenvalue weighted by atomic mass is 32.2. The van der Waals surface area contributed by atoms with Crippen LogP contribution in [-0.2, 0) is 22.5 Å². The molecule has 0 radical (unpaired) electrons. The molecule has 0 saturated carbocycles. The van der Waals surface area contributed by atoms with Crippen molar-refractivity contribution in [3.63, 3.8) is 0 Å². The molecule has 1 aliphatic heterocycles. The second kappa shape index (κ2) is 7.96. The Morgan fingerprint density at radius 2 is 1.86 bits per heavy atom. The Balaban J connectivity index is 1.74. The van der Waals surface area contributed by atoms with Crippen molar-refractivity contribution in [2.24, 2.45) is 0 Å². The van der Waals surface area contributed by atoms with Crippen LogP contribution in [0.15, 0.2) is 45.8 Å². The van der Waals surface area contributed by atoms with Crippen LogP contribution in [0.25, 0.3) is 27.9 Å². The van der Waals surface area contributed by atoms with Gasteiger partial charge in [-0.25, -0.2) is 40.1 Å². The number of alkyl halides is 4. The van der Waals surface area contributed by atoms with Crippen molar-refractivity contribution in [2.75, 3.05) is 6.26 Å². The number of nitrogens with one attached hydrogen (secondary N) is 1. The number of halogens is 6. The molecule has 2 aromatic heterocycles. The molecule has 190 valence electrons. The maximum absolute atomic E-state index is 14.9. The van der Waals surface area contributed by atoms with Crippen molar-refractivity contribution < 1.29 is 39.3 Å². The summed E-state index contributed by atoms with van der Waals surface area (Å²) in [4.78, 5) is 13.0. The fourth-order valence-corrected chi connectivity index (χ4v) is 4.98. The lowest BCUT2D eigenvalue weighted by molar-refractivity contribution is -0.0248. The van der Waals surface area contributed by atoms with E-state index in [-0.39, 0.29) is 11.0 Å². The number of rotatable bonds is 5. The van der Waals surface area contributed by atoms with Gasteiger partial charge in [-0.05, 0) is 24.3 Å². The molecule has 8 nitrogen and oxygen atoms in total. The van der Waals surface area contributed by atoms with Crippen molar-refractivity contribution in [3.05, 3.63) is 69.9 Å². The minimum Gasteiger partial charge on any atom is -0.354 e. The highest BCUT2D eigenvalue weighted by Crippen LogP contribution is 2.41. The first-order chi connectivity index (χ1) is 16.8. The van der Waals surface area contributed by atoms with E-state index < -0.39 is 80.5 Å². The van der Waals surface area contributed by atoms with Crippen LogP contribution in [0, 0.1) is 11.6 Å². The molecule has 1 atom stereocenters. The average Bonchev–Trinajstić information content (AvgIpc) is 3.40. The number of nitrogens with zero attached hydrogens (tertiary/aromatic N) is 3. The van der Waals surface area contributed by atoms with Crippen molar-refractivity contribution in [2.45, 2.75) is 24.9 Å². The Kier molecular flexibility index (Phi) is 5.33. The predicted molar refractivity (Wildman–Crippen MR) is 114 cm³/mol. The van der Waals surface area contributed by atoms with Crippen LogP contribution in [0.5, 0.6) is 0 Å². The van der Waals surface area contributed by atoms with Crippen molar-refractivity contribution in [3.8, 4) is 16.9 Å². The summed E-state index contributed by atoms with van der Waals surface area (Å²) >= 11 is 0. The zero-order chi connectivity index (χ0) is 26.2. The van der Waals surface area contributed by atoms with E-state index in [2.05, 4.69) is 5.16 Å². The van der Waals surface area contributed by atoms with Crippen LogP contribution in [0.4, 0.5) is 26.3 Å². The van der Waals surface area contributed by atoms with E-state index in [9.17, 15) is 39.6 Å². The van der Waals surface area contributed by atoms with Gasteiger partial charge >= 0.3 is 11.6 Å². The monoisotopic (exact) mass is 532 g/mol. The van der Waals surface area contributed by atoms with Gasteiger partial charge in [-0.2, -0.15) is 8.78 Å². The third-order valence-corrected chi connectivity index (χ3v) is 6.48. The highest BCUT2D eigenvalue weighted by molar-refractivity contribution is 7.88. The molecule has 1 N–H and O–H groups in total. The van der Waals surface area contributed by atoms with Gasteiger partial charge in [0.2, 0.25) is 10.0 Å². The van der Waals surface area contributed by atoms with Gasteiger partial charge in [-0.3, -0.25) is 4.57 Å². The Hall–Kier alpha value is -3.59. The highest BCUT2D eigenvalue weighted by Gasteiger charge is 2.52. The molecule has 0 spiro atoms. The zero-order valence-electron chi connectivity index (χ0n) is 18.0. The fraction of sp³-hybridized carbons (Fsp3) is 0.238. The van der Waals surface area contributed by atoms with Crippen LogP contribution >= 0.6 is 0 Å². The molecule has 3 heterocycles. The Morgan fingerprint density at radius 3 is 2.44 bits per heavy atom. The molecule has 0 amide bonds. The summed E-state index contributed by atoms with van der Waals surface area (Å²) in [5.74, 6) is -6.50. The number of sulfonamides is 1. The molecule has 0 fully saturated rings. The Labute approximate surface area is 197 Å². The molecule has 1 aliphatic rings. The van der Waals surface area contributed by atoms with Crippen LogP contribution in [0.2, 0.25) is 0 Å². The second-order valence-electron chi connectivity index (χ2n) is 8.19. The minimum absolute atomic E-state index is 0.274. The molecule has 36 heavy (non-hydrogen) atoms. The van der Waals surface area contributed by atoms with E-state index in [1.54, 1.807) is 4.72 Å². The van der Waals surface area contributed by atoms with Crippen molar-refractivity contribution >= 4 is 21.0 Å². The summed E-state index contributed by atoms with van der Waals surface area (Å²) in [5.41, 5.74) is -4.12. The lowest BCUT2D eigenvalue weighted by Crippen LogP contribution is -2.44. The summed E-state index contributed by atoms with van der Waals surface area (Å²) in [5, 5.41) is 3.37. The Bertz CT molecular complexity index is 1670. The van der Waals surface area contributed by atoms with E-state index in [4.69, 9.17) is 4.52 Å². The van der Waals surface area contributed by atoms with Gasteiger partial charge in [0.25, 0.3) is 6.43 Å². The van der Waals surface area contributed by atoms with Gasteiger partial charge in [-0.15, -0.1) is 0 Å². The topological polar surface area (TPSA) is 99.1 Å². The normalized spacial score (nSPS) is 17.3. The largest absolute Gasteiger partial charge is 0.354 e. The molecule has 15 heteroatoms. The molecular formula is C21H14F6N4O4S. The van der Waals surface area contributed by atoms with E-state index in [1.165, 1.54) is 0 Å². The van der Waals surface area contributed by atoms with Crippen LogP contribution in [0.1, 0.15) is 17.7 Å². The zero-order valence-corrected chi connectivity index (χ0v) is 18.8. The van der Waals surface area contributed by atoms with Gasteiger partial charge in [0, 0.05) is 17.3 Å². The van der Waals surface area contributed by atoms with E-state index in [0.29, 0.717) is 21.6 Å². The van der Waals surface area contributed by atoms with Gasteiger partial charge in [0.1, 0.15) is 23.4 Å². The van der Waals surface area contributed by atoms with E-state index in [1.807, 2.05) is 0 Å². The van der Waals surface area contributed by atoms with Crippen molar-refractivity contribution in [1.29, 1.82) is 0 Å². The number of benzene rings is 2. The minimum atomic E-state index is -4.04. The summed E-state index contributed by atoms with van der Waals surface area (Å²) in [7, 11) is -4.04. The molecule has 4 aromatic rings. The molecule has 0 aliphatic carbocycles. The lowest BCUT2D eigenvalue weighted by atomic mass is 9.97. The first-order valence-corrected chi connectivity index (χ1v) is 12.0. The summed E-state index contributed by atoms with van der Waals surface area (Å²) in [6, 6.07) is 2.56. The maximum atomic E-state index is 14.9. The molecule has 0 saturated heterocycles. The van der Waals surface area contributed by atoms with Crippen molar-refractivity contribution in [1.82, 2.24) is 19.0 Å². The quantitative estimate of drug-likeness (QED) is 0.396. The lowest BCUT2D eigenvalue weighted by Gasteiger charge is -2.18. The SMILES string of the molecule is CS(=O)(=O)N[C@@H]1Cn2c(cn(-c3noc4cc(C(F)F)cc(-c5c(F)cccc5F)c34)c2=O)C1(F)F. The summed E-state index contributed by atoms with van der Waals surface area (Å²) in [6.45, 7) is -0.721. The second-order valence-corrected chi connectivity index (χ2v) is 9.97. The maximum Gasteiger partial charge on any atom is 0.334 e. The van der Waals surface area contributed by atoms with Gasteiger partial charge in [-0.1, -0.05) is 11.2 Å². The van der Waals surface area contributed by atoms with Crippen LogP contribution < -0.4 is 10.4 Å². The van der Waals surface area contributed by atoms with Crippen LogP contribution in [0.3, 0.4) is 0 Å². The van der Waals surface area contributed by atoms with Gasteiger partial charge < -0.3 is 4.52 Å². The average molecular weight is 532 g/mol. The first-order valence-electron chi connectivity index (χ1n) is 10.1. The van der Waals surface area contributed by atoms with Crippen LogP contribution in [-0.4, -0.2) is 35.0 Å². The molecular weight excluding hydrogens is 518 g/mol. The van der Waals surface area contributed by atoms with E-state index in [0.717, 1.165) is 30.3 Å². The number of hydrogen-bond donors (Lipinski definition) is 1. The molecule has 0 unspecified atom stereocenters. The summed E-state index contributed by atoms with van der Waals surface area (Å²) < 4.78 is 117. The molecule has 2 aromatic carbocycles. The summed E-state index contributed by atoms with van der Waals surface area (Å²) in [6.07, 6.45) is -1.69. The third kappa shape index (κ3) is 3.69. The van der Waals surface area contributed by atoms with Gasteiger partial charge in [0.05, 0.1) is 23.8 Å². The predicted octanol–water partition coefficient (Wildman–Crippen LogP) is 3.69. The Morgan fingerprint density at radius 1 is 1.19 bits per heavy atom. The van der Waals surface area contributed by atoms with Gasteiger partial charge in [0.15, 0.2) is 11.4 Å². The molecule has 5 rings (SSSR count). The standard InChI is InChI=1S/C21H14F6N4O4S/c1-36(33,34)29-14-7-30-15(21(14,26)27)8-31(20(30)32)19-17-10(16-11(22)3-2-4-12(16)23)5-9(18(24)25)6-13(17)35-28-19/h2-6,8,14,18,29H,7H2,1H3/t14-/m1/s1. The fourth-order valence-electron chi connectivity index (χ4n) is 4.24. The first kappa shape index (κ1) is 24.1. The smallest absolute Gasteiger partial charge is 0.334 e. The number of fused-ring (bicyclic) bond motifs is 2. The number of aromatic nitrogens is 3. The van der Waals surface area contributed by atoms with E-state index >= 15 is 0 Å².